The zero-order valence-electron chi connectivity index (χ0n) is 12.8. The lowest BCUT2D eigenvalue weighted by Gasteiger charge is -2.42. The van der Waals surface area contributed by atoms with E-state index in [1.807, 2.05) is 6.07 Å². The summed E-state index contributed by atoms with van der Waals surface area (Å²) in [6.45, 7) is 8.19. The van der Waals surface area contributed by atoms with Gasteiger partial charge in [0, 0.05) is 37.3 Å². The van der Waals surface area contributed by atoms with Crippen LogP contribution in [0.15, 0.2) is 24.3 Å². The van der Waals surface area contributed by atoms with E-state index >= 15 is 0 Å². The molecule has 2 rings (SSSR count). The van der Waals surface area contributed by atoms with Gasteiger partial charge in [0.25, 0.3) is 0 Å². The van der Waals surface area contributed by atoms with E-state index < -0.39 is 0 Å². The van der Waals surface area contributed by atoms with Crippen LogP contribution in [0.4, 0.5) is 0 Å². The fourth-order valence-corrected chi connectivity index (χ4v) is 2.81. The minimum Gasteiger partial charge on any atom is -0.320 e. The molecule has 1 aliphatic heterocycles. The molecule has 3 nitrogen and oxygen atoms in total. The molecule has 2 N–H and O–H groups in total. The standard InChI is InChI=1S/C17H25N3/c1-14-11-20(12-15(2)19(14)3)13-17-8-5-4-7-16(17)9-6-10-18/h4-5,7-8,14-15H,10-13,18H2,1-3H3. The monoisotopic (exact) mass is 271 g/mol. The Hall–Kier alpha value is -1.34. The van der Waals surface area contributed by atoms with E-state index in [4.69, 9.17) is 5.73 Å². The lowest BCUT2D eigenvalue weighted by Crippen LogP contribution is -2.54. The van der Waals surface area contributed by atoms with Crippen molar-refractivity contribution < 1.29 is 0 Å². The molecule has 1 saturated heterocycles. The Balaban J connectivity index is 2.10. The summed E-state index contributed by atoms with van der Waals surface area (Å²) in [6.07, 6.45) is 0. The van der Waals surface area contributed by atoms with Crippen molar-refractivity contribution in [3.63, 3.8) is 0 Å². The van der Waals surface area contributed by atoms with Gasteiger partial charge in [-0.1, -0.05) is 30.0 Å². The van der Waals surface area contributed by atoms with Gasteiger partial charge in [0.1, 0.15) is 0 Å². The van der Waals surface area contributed by atoms with Gasteiger partial charge in [-0.05, 0) is 32.5 Å². The Morgan fingerprint density at radius 3 is 2.50 bits per heavy atom. The van der Waals surface area contributed by atoms with Crippen LogP contribution in [0.5, 0.6) is 0 Å². The highest BCUT2D eigenvalue weighted by Crippen LogP contribution is 2.17. The van der Waals surface area contributed by atoms with E-state index in [1.165, 1.54) is 5.56 Å². The van der Waals surface area contributed by atoms with Gasteiger partial charge in [-0.15, -0.1) is 0 Å². The third kappa shape index (κ3) is 3.61. The van der Waals surface area contributed by atoms with Crippen LogP contribution in [0.3, 0.4) is 0 Å². The number of nitrogens with zero attached hydrogens (tertiary/aromatic N) is 2. The first-order valence-corrected chi connectivity index (χ1v) is 7.33. The molecule has 0 aromatic heterocycles. The molecular formula is C17H25N3. The van der Waals surface area contributed by atoms with Crippen LogP contribution in [0.1, 0.15) is 25.0 Å². The van der Waals surface area contributed by atoms with E-state index in [1.54, 1.807) is 0 Å². The van der Waals surface area contributed by atoms with Crippen LogP contribution in [-0.2, 0) is 6.54 Å². The summed E-state index contributed by atoms with van der Waals surface area (Å²) >= 11 is 0. The van der Waals surface area contributed by atoms with Crippen LogP contribution in [0.2, 0.25) is 0 Å². The Labute approximate surface area is 122 Å². The molecule has 2 unspecified atom stereocenters. The number of likely N-dealkylation sites (N-methyl/N-ethyl adjacent to an activating group) is 1. The van der Waals surface area contributed by atoms with Crippen molar-refractivity contribution >= 4 is 0 Å². The molecule has 1 aliphatic rings. The van der Waals surface area contributed by atoms with Crippen LogP contribution in [0.25, 0.3) is 0 Å². The average molecular weight is 271 g/mol. The quantitative estimate of drug-likeness (QED) is 0.828. The zero-order valence-corrected chi connectivity index (χ0v) is 12.8. The highest BCUT2D eigenvalue weighted by atomic mass is 15.3. The minimum atomic E-state index is 0.414. The SMILES string of the molecule is CC1CN(Cc2ccccc2C#CCN)CC(C)N1C. The molecule has 20 heavy (non-hydrogen) atoms. The smallest absolute Gasteiger partial charge is 0.0555 e. The normalized spacial score (nSPS) is 24.2. The minimum absolute atomic E-state index is 0.414. The predicted octanol–water partition coefficient (Wildman–Crippen LogP) is 1.52. The molecule has 108 valence electrons. The molecule has 0 amide bonds. The van der Waals surface area contributed by atoms with Gasteiger partial charge >= 0.3 is 0 Å². The molecule has 1 aromatic rings. The van der Waals surface area contributed by atoms with Crippen molar-refractivity contribution in [1.82, 2.24) is 9.80 Å². The predicted molar refractivity (Wildman–Crippen MR) is 84.3 cm³/mol. The van der Waals surface area contributed by atoms with Crippen molar-refractivity contribution in [1.29, 1.82) is 0 Å². The third-order valence-electron chi connectivity index (χ3n) is 4.17. The van der Waals surface area contributed by atoms with Gasteiger partial charge < -0.3 is 5.73 Å². The lowest BCUT2D eigenvalue weighted by atomic mass is 10.0. The second kappa shape index (κ2) is 6.90. The molecule has 1 aromatic carbocycles. The lowest BCUT2D eigenvalue weighted by molar-refractivity contribution is 0.0556. The van der Waals surface area contributed by atoms with Crippen molar-refractivity contribution in [2.45, 2.75) is 32.5 Å². The molecule has 0 bridgehead atoms. The summed E-state index contributed by atoms with van der Waals surface area (Å²) in [6, 6.07) is 9.59. The number of hydrogen-bond donors (Lipinski definition) is 1. The van der Waals surface area contributed by atoms with Crippen molar-refractivity contribution in [2.24, 2.45) is 5.73 Å². The molecule has 0 aliphatic carbocycles. The van der Waals surface area contributed by atoms with Gasteiger partial charge in [0.05, 0.1) is 6.54 Å². The Morgan fingerprint density at radius 2 is 1.85 bits per heavy atom. The summed E-state index contributed by atoms with van der Waals surface area (Å²) in [5.74, 6) is 6.14. The Bertz CT molecular complexity index is 488. The second-order valence-corrected chi connectivity index (χ2v) is 5.72. The first-order chi connectivity index (χ1) is 9.61. The molecule has 2 atom stereocenters. The largest absolute Gasteiger partial charge is 0.320 e. The molecule has 1 fully saturated rings. The second-order valence-electron chi connectivity index (χ2n) is 5.72. The molecule has 0 spiro atoms. The fraction of sp³-hybridized carbons (Fsp3) is 0.529. The van der Waals surface area contributed by atoms with Crippen LogP contribution in [0, 0.1) is 11.8 Å². The fourth-order valence-electron chi connectivity index (χ4n) is 2.81. The van der Waals surface area contributed by atoms with E-state index in [9.17, 15) is 0 Å². The Kier molecular flexibility index (Phi) is 5.19. The summed E-state index contributed by atoms with van der Waals surface area (Å²) < 4.78 is 0. The third-order valence-corrected chi connectivity index (χ3v) is 4.17. The molecular weight excluding hydrogens is 246 g/mol. The van der Waals surface area contributed by atoms with Crippen LogP contribution >= 0.6 is 0 Å². The molecule has 3 heteroatoms. The maximum absolute atomic E-state index is 5.47. The van der Waals surface area contributed by atoms with Gasteiger partial charge in [0.2, 0.25) is 0 Å². The number of nitrogens with two attached hydrogens (primary N) is 1. The van der Waals surface area contributed by atoms with Gasteiger partial charge in [-0.3, -0.25) is 9.80 Å². The highest BCUT2D eigenvalue weighted by molar-refractivity contribution is 5.41. The number of piperazine rings is 1. The number of hydrogen-bond acceptors (Lipinski definition) is 3. The van der Waals surface area contributed by atoms with E-state index in [2.05, 4.69) is 60.7 Å². The average Bonchev–Trinajstić information content (AvgIpc) is 2.44. The molecule has 1 heterocycles. The van der Waals surface area contributed by atoms with Crippen molar-refractivity contribution in [3.05, 3.63) is 35.4 Å². The zero-order chi connectivity index (χ0) is 14.5. The summed E-state index contributed by atoms with van der Waals surface area (Å²) in [5, 5.41) is 0. The number of rotatable bonds is 2. The van der Waals surface area contributed by atoms with Crippen LogP contribution < -0.4 is 5.73 Å². The Morgan fingerprint density at radius 1 is 1.20 bits per heavy atom. The van der Waals surface area contributed by atoms with Gasteiger partial charge in [0.15, 0.2) is 0 Å². The van der Waals surface area contributed by atoms with Crippen molar-refractivity contribution in [2.75, 3.05) is 26.7 Å². The summed E-state index contributed by atoms with van der Waals surface area (Å²) in [5.41, 5.74) is 7.88. The first-order valence-electron chi connectivity index (χ1n) is 7.33. The van der Waals surface area contributed by atoms with Crippen molar-refractivity contribution in [3.8, 4) is 11.8 Å². The maximum Gasteiger partial charge on any atom is 0.0555 e. The maximum atomic E-state index is 5.47. The van der Waals surface area contributed by atoms with Crippen LogP contribution in [-0.4, -0.2) is 48.6 Å². The topological polar surface area (TPSA) is 32.5 Å². The summed E-state index contributed by atoms with van der Waals surface area (Å²) in [7, 11) is 2.22. The first kappa shape index (κ1) is 15.1. The molecule has 0 saturated carbocycles. The molecule has 0 radical (unpaired) electrons. The van der Waals surface area contributed by atoms with Gasteiger partial charge in [-0.25, -0.2) is 0 Å². The number of benzene rings is 1. The van der Waals surface area contributed by atoms with Gasteiger partial charge in [-0.2, -0.15) is 0 Å². The highest BCUT2D eigenvalue weighted by Gasteiger charge is 2.26. The van der Waals surface area contributed by atoms with E-state index in [0.717, 1.165) is 25.2 Å². The van der Waals surface area contributed by atoms with E-state index in [0.29, 0.717) is 18.6 Å². The summed E-state index contributed by atoms with van der Waals surface area (Å²) in [4.78, 5) is 4.98. The van der Waals surface area contributed by atoms with E-state index in [-0.39, 0.29) is 0 Å².